The topological polar surface area (TPSA) is 154 Å². The van der Waals surface area contributed by atoms with Crippen molar-refractivity contribution < 1.29 is 24.0 Å². The molecular weight excluding hydrogens is 452 g/mol. The number of nitro benzene ring substituents is 1. The summed E-state index contributed by atoms with van der Waals surface area (Å²) in [7, 11) is 0. The Morgan fingerprint density at radius 3 is 2.18 bits per heavy atom. The molecule has 3 amide bonds. The first-order chi connectivity index (χ1) is 15.7. The average Bonchev–Trinajstić information content (AvgIpc) is 2.79. The number of hydrogen-bond acceptors (Lipinski definition) is 6. The zero-order valence-electron chi connectivity index (χ0n) is 16.9. The first kappa shape index (κ1) is 23.2. The van der Waals surface area contributed by atoms with E-state index in [1.165, 1.54) is 36.4 Å². The number of amides is 3. The van der Waals surface area contributed by atoms with Crippen LogP contribution in [0.3, 0.4) is 0 Å². The minimum atomic E-state index is -1.35. The molecule has 0 heterocycles. The fourth-order valence-electron chi connectivity index (χ4n) is 2.85. The molecule has 1 atom stereocenters. The maximum Gasteiger partial charge on any atom is 0.339 e. The van der Waals surface area contributed by atoms with Gasteiger partial charge in [-0.05, 0) is 36.4 Å². The highest BCUT2D eigenvalue weighted by atomic mass is 35.5. The van der Waals surface area contributed by atoms with E-state index in [0.717, 1.165) is 6.07 Å². The molecule has 11 heteroatoms. The molecule has 0 aromatic heterocycles. The fraction of sp³-hybridized carbons (Fsp3) is 0.0455. The Hall–Kier alpha value is -4.44. The van der Waals surface area contributed by atoms with Crippen molar-refractivity contribution in [1.29, 1.82) is 0 Å². The second-order valence-electron chi connectivity index (χ2n) is 6.68. The minimum absolute atomic E-state index is 0.0849. The van der Waals surface area contributed by atoms with Gasteiger partial charge in [0.1, 0.15) is 5.02 Å². The van der Waals surface area contributed by atoms with Gasteiger partial charge in [0, 0.05) is 23.0 Å². The van der Waals surface area contributed by atoms with Gasteiger partial charge < -0.3 is 21.1 Å². The van der Waals surface area contributed by atoms with Crippen LogP contribution < -0.4 is 16.4 Å². The van der Waals surface area contributed by atoms with E-state index < -0.39 is 28.9 Å². The Bertz CT molecular complexity index is 1200. The van der Waals surface area contributed by atoms with Crippen LogP contribution in [0, 0.1) is 10.1 Å². The van der Waals surface area contributed by atoms with Crippen LogP contribution >= 0.6 is 11.6 Å². The quantitative estimate of drug-likeness (QED) is 0.267. The predicted octanol–water partition coefficient (Wildman–Crippen LogP) is 4.28. The van der Waals surface area contributed by atoms with E-state index in [9.17, 15) is 24.5 Å². The summed E-state index contributed by atoms with van der Waals surface area (Å²) in [6, 6.07) is 17.0. The number of ether oxygens (including phenoxy) is 1. The molecule has 0 aliphatic carbocycles. The largest absolute Gasteiger partial charge is 0.444 e. The standard InChI is InChI=1S/C22H17ClN4O6/c23-17-11-10-16(12-18(17)27(31)32)25-20(28)19(13-4-2-1-3-5-13)33-21(29)14-6-8-15(9-7-14)26-22(24)30/h1-12,19H,(H,25,28)(H3,24,26,30). The number of urea groups is 1. The highest BCUT2D eigenvalue weighted by Gasteiger charge is 2.26. The first-order valence-corrected chi connectivity index (χ1v) is 9.79. The SMILES string of the molecule is NC(=O)Nc1ccc(C(=O)OC(C(=O)Nc2ccc(Cl)c([N+](=O)[O-])c2)c2ccccc2)cc1. The van der Waals surface area contributed by atoms with Gasteiger partial charge in [0.05, 0.1) is 10.5 Å². The summed E-state index contributed by atoms with van der Waals surface area (Å²) in [5.74, 6) is -1.52. The van der Waals surface area contributed by atoms with E-state index in [0.29, 0.717) is 11.3 Å². The molecule has 10 nitrogen and oxygen atoms in total. The van der Waals surface area contributed by atoms with Crippen molar-refractivity contribution in [1.82, 2.24) is 0 Å². The van der Waals surface area contributed by atoms with E-state index in [4.69, 9.17) is 22.1 Å². The predicted molar refractivity (Wildman–Crippen MR) is 121 cm³/mol. The number of esters is 1. The number of carbonyl (C=O) groups is 3. The molecule has 0 fully saturated rings. The Morgan fingerprint density at radius 1 is 0.939 bits per heavy atom. The third-order valence-electron chi connectivity index (χ3n) is 4.36. The number of nitrogens with two attached hydrogens (primary N) is 1. The number of benzene rings is 3. The Kier molecular flexibility index (Phi) is 7.21. The van der Waals surface area contributed by atoms with Crippen molar-refractivity contribution in [3.05, 3.63) is 99.1 Å². The van der Waals surface area contributed by atoms with Gasteiger partial charge >= 0.3 is 12.0 Å². The molecule has 0 bridgehead atoms. The highest BCUT2D eigenvalue weighted by molar-refractivity contribution is 6.32. The lowest BCUT2D eigenvalue weighted by Crippen LogP contribution is -2.26. The number of nitrogens with zero attached hydrogens (tertiary/aromatic N) is 1. The van der Waals surface area contributed by atoms with E-state index >= 15 is 0 Å². The van der Waals surface area contributed by atoms with Gasteiger partial charge in [-0.3, -0.25) is 14.9 Å². The molecule has 0 saturated heterocycles. The van der Waals surface area contributed by atoms with Crippen molar-refractivity contribution in [2.45, 2.75) is 6.10 Å². The van der Waals surface area contributed by atoms with Crippen molar-refractivity contribution in [3.63, 3.8) is 0 Å². The van der Waals surface area contributed by atoms with Crippen molar-refractivity contribution in [3.8, 4) is 0 Å². The van der Waals surface area contributed by atoms with Crippen LogP contribution in [0.2, 0.25) is 5.02 Å². The fourth-order valence-corrected chi connectivity index (χ4v) is 3.03. The van der Waals surface area contributed by atoms with Crippen LogP contribution in [0.5, 0.6) is 0 Å². The molecule has 3 rings (SSSR count). The first-order valence-electron chi connectivity index (χ1n) is 9.42. The number of nitro groups is 1. The lowest BCUT2D eigenvalue weighted by molar-refractivity contribution is -0.384. The Morgan fingerprint density at radius 2 is 1.58 bits per heavy atom. The summed E-state index contributed by atoms with van der Waals surface area (Å²) in [6.45, 7) is 0. The van der Waals surface area contributed by atoms with Crippen molar-refractivity contribution in [2.75, 3.05) is 10.6 Å². The second-order valence-corrected chi connectivity index (χ2v) is 7.08. The van der Waals surface area contributed by atoms with E-state index in [1.807, 2.05) is 0 Å². The van der Waals surface area contributed by atoms with Crippen molar-refractivity contribution >= 4 is 46.6 Å². The van der Waals surface area contributed by atoms with E-state index in [-0.39, 0.29) is 22.0 Å². The number of primary amides is 1. The molecule has 3 aromatic carbocycles. The number of hydrogen-bond donors (Lipinski definition) is 3. The molecule has 3 aromatic rings. The third kappa shape index (κ3) is 6.05. The van der Waals surface area contributed by atoms with Gasteiger partial charge in [-0.15, -0.1) is 0 Å². The number of anilines is 2. The van der Waals surface area contributed by atoms with Crippen LogP contribution in [0.25, 0.3) is 0 Å². The van der Waals surface area contributed by atoms with Gasteiger partial charge in [-0.2, -0.15) is 0 Å². The number of carbonyl (C=O) groups excluding carboxylic acids is 3. The number of nitrogens with one attached hydrogen (secondary N) is 2. The van der Waals surface area contributed by atoms with Gasteiger partial charge in [-0.1, -0.05) is 41.9 Å². The molecule has 168 valence electrons. The molecule has 0 aliphatic heterocycles. The van der Waals surface area contributed by atoms with Gasteiger partial charge in [0.15, 0.2) is 0 Å². The zero-order valence-corrected chi connectivity index (χ0v) is 17.6. The van der Waals surface area contributed by atoms with Gasteiger partial charge in [0.25, 0.3) is 11.6 Å². The molecule has 0 aliphatic rings. The summed E-state index contributed by atoms with van der Waals surface area (Å²) in [4.78, 5) is 47.0. The smallest absolute Gasteiger partial charge is 0.339 e. The average molecular weight is 469 g/mol. The Labute approximate surface area is 192 Å². The van der Waals surface area contributed by atoms with Crippen molar-refractivity contribution in [2.24, 2.45) is 5.73 Å². The van der Waals surface area contributed by atoms with E-state index in [1.54, 1.807) is 30.3 Å². The van der Waals surface area contributed by atoms with Gasteiger partial charge in [0.2, 0.25) is 6.10 Å². The zero-order chi connectivity index (χ0) is 24.0. The molecule has 33 heavy (non-hydrogen) atoms. The monoisotopic (exact) mass is 468 g/mol. The summed E-state index contributed by atoms with van der Waals surface area (Å²) in [5.41, 5.74) is 5.67. The van der Waals surface area contributed by atoms with Crippen LogP contribution in [-0.4, -0.2) is 22.8 Å². The Balaban J connectivity index is 1.83. The molecule has 0 spiro atoms. The summed E-state index contributed by atoms with van der Waals surface area (Å²) in [6.07, 6.45) is -1.35. The molecular formula is C22H17ClN4O6. The molecule has 1 unspecified atom stereocenters. The second kappa shape index (κ2) is 10.2. The third-order valence-corrected chi connectivity index (χ3v) is 4.68. The molecule has 4 N–H and O–H groups in total. The summed E-state index contributed by atoms with van der Waals surface area (Å²) < 4.78 is 5.46. The highest BCUT2D eigenvalue weighted by Crippen LogP contribution is 2.29. The van der Waals surface area contributed by atoms with E-state index in [2.05, 4.69) is 10.6 Å². The van der Waals surface area contributed by atoms with Crippen LogP contribution in [0.1, 0.15) is 22.0 Å². The maximum atomic E-state index is 13.0. The molecule has 0 radical (unpaired) electrons. The lowest BCUT2D eigenvalue weighted by atomic mass is 10.1. The van der Waals surface area contributed by atoms with Crippen LogP contribution in [0.15, 0.2) is 72.8 Å². The molecule has 0 saturated carbocycles. The number of halogens is 1. The lowest BCUT2D eigenvalue weighted by Gasteiger charge is -2.18. The van der Waals surface area contributed by atoms with Crippen LogP contribution in [-0.2, 0) is 9.53 Å². The number of rotatable bonds is 7. The summed E-state index contributed by atoms with van der Waals surface area (Å²) >= 11 is 5.81. The maximum absolute atomic E-state index is 13.0. The normalized spacial score (nSPS) is 11.2. The van der Waals surface area contributed by atoms with Crippen LogP contribution in [0.4, 0.5) is 21.9 Å². The van der Waals surface area contributed by atoms with Gasteiger partial charge in [-0.25, -0.2) is 9.59 Å². The summed E-state index contributed by atoms with van der Waals surface area (Å²) in [5, 5.41) is 15.9. The minimum Gasteiger partial charge on any atom is -0.444 e.